The van der Waals surface area contributed by atoms with Gasteiger partial charge < -0.3 is 9.47 Å². The molecule has 1 unspecified atom stereocenters. The fourth-order valence-corrected chi connectivity index (χ4v) is 1.13. The Labute approximate surface area is 98.9 Å². The topological polar surface area (TPSA) is 54.3 Å². The van der Waals surface area contributed by atoms with Crippen LogP contribution in [0.25, 0.3) is 0 Å². The van der Waals surface area contributed by atoms with Gasteiger partial charge in [-0.2, -0.15) is 5.26 Å². The van der Waals surface area contributed by atoms with E-state index in [-0.39, 0.29) is 11.6 Å². The van der Waals surface area contributed by atoms with Gasteiger partial charge in [0.1, 0.15) is 6.04 Å². The Bertz CT molecular complexity index is 216. The van der Waals surface area contributed by atoms with Gasteiger partial charge in [0.05, 0.1) is 31.5 Å². The Morgan fingerprint density at radius 2 is 1.88 bits per heavy atom. The molecular formula is C12H24N2O2. The molecule has 0 saturated carbocycles. The van der Waals surface area contributed by atoms with Crippen molar-refractivity contribution in [2.75, 3.05) is 19.8 Å². The predicted molar refractivity (Wildman–Crippen MR) is 64.2 cm³/mol. The monoisotopic (exact) mass is 228 g/mol. The van der Waals surface area contributed by atoms with Crippen molar-refractivity contribution in [1.82, 2.24) is 5.32 Å². The summed E-state index contributed by atoms with van der Waals surface area (Å²) in [6, 6.07) is 2.21. The van der Waals surface area contributed by atoms with Crippen LogP contribution in [0.5, 0.6) is 0 Å². The van der Waals surface area contributed by atoms with Crippen LogP contribution in [0.1, 0.15) is 34.6 Å². The first-order valence-electron chi connectivity index (χ1n) is 5.72. The second-order valence-corrected chi connectivity index (χ2v) is 5.04. The van der Waals surface area contributed by atoms with Crippen LogP contribution in [0, 0.1) is 11.3 Å². The van der Waals surface area contributed by atoms with E-state index in [9.17, 15) is 0 Å². The lowest BCUT2D eigenvalue weighted by Crippen LogP contribution is -2.37. The van der Waals surface area contributed by atoms with Crippen molar-refractivity contribution in [1.29, 1.82) is 5.26 Å². The highest BCUT2D eigenvalue weighted by Crippen LogP contribution is 2.05. The molecule has 0 spiro atoms. The standard InChI is InChI=1S/C12H24N2O2/c1-10(2)14-11(8-13)9-15-6-7-16-12(3,4)5/h10-11,14H,6-7,9H2,1-5H3. The fourth-order valence-electron chi connectivity index (χ4n) is 1.13. The minimum Gasteiger partial charge on any atom is -0.376 e. The van der Waals surface area contributed by atoms with Crippen molar-refractivity contribution in [3.8, 4) is 6.07 Å². The number of nitrogens with one attached hydrogen (secondary N) is 1. The lowest BCUT2D eigenvalue weighted by molar-refractivity contribution is -0.0360. The van der Waals surface area contributed by atoms with Gasteiger partial charge in [0.25, 0.3) is 0 Å². The van der Waals surface area contributed by atoms with Crippen LogP contribution in [0.2, 0.25) is 0 Å². The van der Waals surface area contributed by atoms with Gasteiger partial charge in [-0.05, 0) is 34.6 Å². The maximum atomic E-state index is 8.84. The molecule has 0 saturated heterocycles. The van der Waals surface area contributed by atoms with E-state index in [1.807, 2.05) is 34.6 Å². The molecule has 1 N–H and O–H groups in total. The molecule has 0 aromatic carbocycles. The van der Waals surface area contributed by atoms with Crippen molar-refractivity contribution < 1.29 is 9.47 Å². The lowest BCUT2D eigenvalue weighted by atomic mass is 10.2. The summed E-state index contributed by atoms with van der Waals surface area (Å²) in [4.78, 5) is 0. The molecule has 16 heavy (non-hydrogen) atoms. The minimum absolute atomic E-state index is 0.131. The SMILES string of the molecule is CC(C)NC(C#N)COCCOC(C)(C)C. The van der Waals surface area contributed by atoms with Gasteiger partial charge >= 0.3 is 0 Å². The first-order valence-corrected chi connectivity index (χ1v) is 5.72. The average molecular weight is 228 g/mol. The molecule has 4 heteroatoms. The largest absolute Gasteiger partial charge is 0.376 e. The zero-order chi connectivity index (χ0) is 12.6. The van der Waals surface area contributed by atoms with Gasteiger partial charge in [-0.3, -0.25) is 5.32 Å². The van der Waals surface area contributed by atoms with Gasteiger partial charge in [0, 0.05) is 6.04 Å². The van der Waals surface area contributed by atoms with E-state index in [1.165, 1.54) is 0 Å². The first-order chi connectivity index (χ1) is 7.35. The van der Waals surface area contributed by atoms with E-state index in [2.05, 4.69) is 11.4 Å². The predicted octanol–water partition coefficient (Wildman–Crippen LogP) is 1.71. The summed E-state index contributed by atoms with van der Waals surface area (Å²) >= 11 is 0. The van der Waals surface area contributed by atoms with E-state index in [4.69, 9.17) is 14.7 Å². The maximum absolute atomic E-state index is 8.84. The Morgan fingerprint density at radius 3 is 2.31 bits per heavy atom. The molecule has 0 radical (unpaired) electrons. The Morgan fingerprint density at radius 1 is 1.25 bits per heavy atom. The molecule has 0 aliphatic heterocycles. The Kier molecular flexibility index (Phi) is 7.31. The maximum Gasteiger partial charge on any atom is 0.119 e. The van der Waals surface area contributed by atoms with E-state index in [0.717, 1.165) is 0 Å². The third kappa shape index (κ3) is 9.91. The van der Waals surface area contributed by atoms with Gasteiger partial charge in [0.15, 0.2) is 0 Å². The molecule has 94 valence electrons. The van der Waals surface area contributed by atoms with Gasteiger partial charge in [-0.1, -0.05) is 0 Å². The number of rotatable bonds is 7. The average Bonchev–Trinajstić information content (AvgIpc) is 2.13. The molecule has 0 aromatic heterocycles. The third-order valence-electron chi connectivity index (χ3n) is 1.74. The van der Waals surface area contributed by atoms with Gasteiger partial charge in [0.2, 0.25) is 0 Å². The molecule has 0 bridgehead atoms. The molecule has 0 aliphatic rings. The quantitative estimate of drug-likeness (QED) is 0.674. The second-order valence-electron chi connectivity index (χ2n) is 5.04. The van der Waals surface area contributed by atoms with E-state index < -0.39 is 0 Å². The number of hydrogen-bond acceptors (Lipinski definition) is 4. The van der Waals surface area contributed by atoms with Gasteiger partial charge in [-0.15, -0.1) is 0 Å². The summed E-state index contributed by atoms with van der Waals surface area (Å²) in [5.74, 6) is 0. The number of nitrogens with zero attached hydrogens (tertiary/aromatic N) is 1. The molecule has 0 heterocycles. The smallest absolute Gasteiger partial charge is 0.119 e. The molecule has 0 aromatic rings. The summed E-state index contributed by atoms with van der Waals surface area (Å²) in [6.07, 6.45) is 0. The first kappa shape index (κ1) is 15.4. The van der Waals surface area contributed by atoms with E-state index in [0.29, 0.717) is 25.9 Å². The van der Waals surface area contributed by atoms with E-state index in [1.54, 1.807) is 0 Å². The highest BCUT2D eigenvalue weighted by atomic mass is 16.5. The molecule has 1 atom stereocenters. The molecule has 0 fully saturated rings. The van der Waals surface area contributed by atoms with Crippen LogP contribution < -0.4 is 5.32 Å². The lowest BCUT2D eigenvalue weighted by Gasteiger charge is -2.20. The molecule has 0 amide bonds. The van der Waals surface area contributed by atoms with Crippen LogP contribution in [0.3, 0.4) is 0 Å². The van der Waals surface area contributed by atoms with Crippen LogP contribution in [0.15, 0.2) is 0 Å². The number of ether oxygens (including phenoxy) is 2. The fraction of sp³-hybridized carbons (Fsp3) is 0.917. The normalized spacial score (nSPS) is 13.8. The summed E-state index contributed by atoms with van der Waals surface area (Å²) < 4.78 is 10.9. The van der Waals surface area contributed by atoms with Crippen LogP contribution in [-0.2, 0) is 9.47 Å². The summed E-state index contributed by atoms with van der Waals surface area (Å²) in [7, 11) is 0. The molecule has 0 aliphatic carbocycles. The van der Waals surface area contributed by atoms with Crippen molar-refractivity contribution in [2.24, 2.45) is 0 Å². The highest BCUT2D eigenvalue weighted by molar-refractivity contribution is 4.90. The zero-order valence-corrected chi connectivity index (χ0v) is 11.0. The highest BCUT2D eigenvalue weighted by Gasteiger charge is 2.10. The Hall–Kier alpha value is -0.630. The van der Waals surface area contributed by atoms with Crippen LogP contribution >= 0.6 is 0 Å². The van der Waals surface area contributed by atoms with Crippen LogP contribution in [-0.4, -0.2) is 37.5 Å². The van der Waals surface area contributed by atoms with E-state index >= 15 is 0 Å². The minimum atomic E-state index is -0.241. The molecule has 4 nitrogen and oxygen atoms in total. The van der Waals surface area contributed by atoms with Crippen molar-refractivity contribution in [2.45, 2.75) is 52.3 Å². The zero-order valence-electron chi connectivity index (χ0n) is 11.0. The Balaban J connectivity index is 3.54. The summed E-state index contributed by atoms with van der Waals surface area (Å²) in [5, 5.41) is 11.9. The second kappa shape index (κ2) is 7.61. The van der Waals surface area contributed by atoms with Crippen LogP contribution in [0.4, 0.5) is 0 Å². The molecular weight excluding hydrogens is 204 g/mol. The van der Waals surface area contributed by atoms with Crippen molar-refractivity contribution in [3.63, 3.8) is 0 Å². The van der Waals surface area contributed by atoms with Crippen molar-refractivity contribution in [3.05, 3.63) is 0 Å². The summed E-state index contributed by atoms with van der Waals surface area (Å²) in [6.45, 7) is 11.5. The van der Waals surface area contributed by atoms with Crippen molar-refractivity contribution >= 4 is 0 Å². The molecule has 0 rings (SSSR count). The number of nitriles is 1. The number of hydrogen-bond donors (Lipinski definition) is 1. The summed E-state index contributed by atoms with van der Waals surface area (Å²) in [5.41, 5.74) is -0.131. The third-order valence-corrected chi connectivity index (χ3v) is 1.74. The van der Waals surface area contributed by atoms with Gasteiger partial charge in [-0.25, -0.2) is 0 Å².